The molecule has 0 aliphatic carbocycles. The van der Waals surface area contributed by atoms with Gasteiger partial charge in [0.1, 0.15) is 5.83 Å². The number of allylic oxidation sites excluding steroid dienone is 2. The van der Waals surface area contributed by atoms with E-state index in [0.29, 0.717) is 6.42 Å². The Morgan fingerprint density at radius 2 is 2.22 bits per heavy atom. The second-order valence-corrected chi connectivity index (χ2v) is 1.93. The van der Waals surface area contributed by atoms with E-state index < -0.39 is 12.0 Å². The Labute approximate surface area is 54.6 Å². The predicted molar refractivity (Wildman–Crippen MR) is 34.7 cm³/mol. The van der Waals surface area contributed by atoms with E-state index in [9.17, 15) is 8.78 Å². The van der Waals surface area contributed by atoms with E-state index in [1.165, 1.54) is 13.0 Å². The molecule has 0 aromatic carbocycles. The first-order chi connectivity index (χ1) is 4.22. The molecule has 0 bridgehead atoms. The summed E-state index contributed by atoms with van der Waals surface area (Å²) < 4.78 is 24.6. The van der Waals surface area contributed by atoms with Crippen molar-refractivity contribution in [1.82, 2.24) is 0 Å². The minimum atomic E-state index is -1.38. The van der Waals surface area contributed by atoms with E-state index in [-0.39, 0.29) is 6.42 Å². The summed E-state index contributed by atoms with van der Waals surface area (Å²) in [4.78, 5) is 0. The summed E-state index contributed by atoms with van der Waals surface area (Å²) in [5, 5.41) is 0. The van der Waals surface area contributed by atoms with Gasteiger partial charge in [-0.1, -0.05) is 19.4 Å². The fourth-order valence-electron chi connectivity index (χ4n) is 0.572. The number of hydrogen-bond acceptors (Lipinski definition) is 0. The van der Waals surface area contributed by atoms with E-state index in [1.54, 1.807) is 0 Å². The van der Waals surface area contributed by atoms with E-state index in [1.807, 2.05) is 6.92 Å². The molecule has 0 spiro atoms. The lowest BCUT2D eigenvalue weighted by Crippen LogP contribution is -1.98. The average Bonchev–Trinajstić information content (AvgIpc) is 1.87. The van der Waals surface area contributed by atoms with Crippen LogP contribution in [0.5, 0.6) is 0 Å². The maximum absolute atomic E-state index is 12.4. The highest BCUT2D eigenvalue weighted by Gasteiger charge is 2.08. The second-order valence-electron chi connectivity index (χ2n) is 1.93. The van der Waals surface area contributed by atoms with Crippen LogP contribution in [-0.4, -0.2) is 6.17 Å². The quantitative estimate of drug-likeness (QED) is 0.556. The third-order valence-electron chi connectivity index (χ3n) is 1.12. The van der Waals surface area contributed by atoms with Crippen LogP contribution in [-0.2, 0) is 0 Å². The normalized spacial score (nSPS) is 15.8. The molecule has 0 heterocycles. The Balaban J connectivity index is 3.59. The van der Waals surface area contributed by atoms with Crippen molar-refractivity contribution in [2.45, 2.75) is 32.9 Å². The fraction of sp³-hybridized carbons (Fsp3) is 0.714. The van der Waals surface area contributed by atoms with Crippen LogP contribution >= 0.6 is 0 Å². The first-order valence-electron chi connectivity index (χ1n) is 3.18. The van der Waals surface area contributed by atoms with Gasteiger partial charge in [-0.15, -0.1) is 0 Å². The number of halogens is 2. The van der Waals surface area contributed by atoms with Crippen LogP contribution < -0.4 is 0 Å². The Morgan fingerprint density at radius 3 is 2.56 bits per heavy atom. The molecule has 0 aromatic rings. The average molecular weight is 134 g/mol. The van der Waals surface area contributed by atoms with E-state index in [0.717, 1.165) is 0 Å². The van der Waals surface area contributed by atoms with Crippen LogP contribution in [0.2, 0.25) is 0 Å². The number of alkyl halides is 1. The van der Waals surface area contributed by atoms with Crippen molar-refractivity contribution in [2.75, 3.05) is 0 Å². The van der Waals surface area contributed by atoms with Crippen molar-refractivity contribution in [1.29, 1.82) is 0 Å². The summed E-state index contributed by atoms with van der Waals surface area (Å²) >= 11 is 0. The molecular formula is C7H12F2. The monoisotopic (exact) mass is 134 g/mol. The molecule has 0 aliphatic rings. The molecule has 0 rings (SSSR count). The third-order valence-corrected chi connectivity index (χ3v) is 1.12. The second kappa shape index (κ2) is 4.48. The highest BCUT2D eigenvalue weighted by atomic mass is 19.2. The van der Waals surface area contributed by atoms with Gasteiger partial charge in [-0.05, 0) is 13.3 Å². The molecule has 9 heavy (non-hydrogen) atoms. The molecule has 0 N–H and O–H groups in total. The summed E-state index contributed by atoms with van der Waals surface area (Å²) in [6.07, 6.45) is 0.763. The molecule has 2 heteroatoms. The molecule has 1 atom stereocenters. The van der Waals surface area contributed by atoms with Gasteiger partial charge >= 0.3 is 0 Å². The zero-order chi connectivity index (χ0) is 7.28. The van der Waals surface area contributed by atoms with Crippen molar-refractivity contribution in [3.8, 4) is 0 Å². The molecular weight excluding hydrogens is 122 g/mol. The summed E-state index contributed by atoms with van der Waals surface area (Å²) in [5.41, 5.74) is 0. The van der Waals surface area contributed by atoms with Crippen LogP contribution in [0, 0.1) is 0 Å². The maximum Gasteiger partial charge on any atom is 0.151 e. The van der Waals surface area contributed by atoms with Gasteiger partial charge in [-0.25, -0.2) is 8.78 Å². The molecule has 0 saturated heterocycles. The standard InChI is InChI=1S/C7H12F2/c1-3-5-7(9)6(8)4-2/h4,7H,3,5H2,1-2H3/b6-4+. The van der Waals surface area contributed by atoms with Gasteiger partial charge in [-0.2, -0.15) is 0 Å². The first kappa shape index (κ1) is 8.60. The molecule has 54 valence electrons. The van der Waals surface area contributed by atoms with Gasteiger partial charge in [0.05, 0.1) is 0 Å². The van der Waals surface area contributed by atoms with Crippen LogP contribution in [0.4, 0.5) is 8.78 Å². The molecule has 0 aliphatic heterocycles. The Bertz CT molecular complexity index is 97.1. The van der Waals surface area contributed by atoms with Crippen LogP contribution in [0.15, 0.2) is 11.9 Å². The predicted octanol–water partition coefficient (Wildman–Crippen LogP) is 3.00. The van der Waals surface area contributed by atoms with Gasteiger partial charge in [0, 0.05) is 0 Å². The van der Waals surface area contributed by atoms with Gasteiger partial charge in [-0.3, -0.25) is 0 Å². The van der Waals surface area contributed by atoms with Crippen LogP contribution in [0.25, 0.3) is 0 Å². The summed E-state index contributed by atoms with van der Waals surface area (Å²) in [6.45, 7) is 3.33. The number of hydrogen-bond donors (Lipinski definition) is 0. The Hall–Kier alpha value is -0.400. The van der Waals surface area contributed by atoms with Crippen LogP contribution in [0.3, 0.4) is 0 Å². The summed E-state index contributed by atoms with van der Waals surface area (Å²) in [6, 6.07) is 0. The molecule has 0 radical (unpaired) electrons. The summed E-state index contributed by atoms with van der Waals surface area (Å²) in [7, 11) is 0. The Kier molecular flexibility index (Phi) is 4.28. The summed E-state index contributed by atoms with van der Waals surface area (Å²) in [5.74, 6) is -0.642. The van der Waals surface area contributed by atoms with Crippen molar-refractivity contribution in [2.24, 2.45) is 0 Å². The largest absolute Gasteiger partial charge is 0.240 e. The lowest BCUT2D eigenvalue weighted by molar-refractivity contribution is 0.307. The highest BCUT2D eigenvalue weighted by Crippen LogP contribution is 2.13. The minimum Gasteiger partial charge on any atom is -0.240 e. The lowest BCUT2D eigenvalue weighted by Gasteiger charge is -2.00. The van der Waals surface area contributed by atoms with E-state index in [4.69, 9.17) is 0 Å². The third kappa shape index (κ3) is 3.22. The molecule has 0 aromatic heterocycles. The van der Waals surface area contributed by atoms with Gasteiger partial charge in [0.25, 0.3) is 0 Å². The molecule has 1 unspecified atom stereocenters. The topological polar surface area (TPSA) is 0 Å². The number of rotatable bonds is 3. The molecule has 0 amide bonds. The molecule has 0 saturated carbocycles. The highest BCUT2D eigenvalue weighted by molar-refractivity contribution is 4.95. The van der Waals surface area contributed by atoms with Gasteiger partial charge < -0.3 is 0 Å². The van der Waals surface area contributed by atoms with Gasteiger partial charge in [0.2, 0.25) is 0 Å². The fourth-order valence-corrected chi connectivity index (χ4v) is 0.572. The molecule has 0 fully saturated rings. The zero-order valence-electron chi connectivity index (χ0n) is 5.82. The van der Waals surface area contributed by atoms with Gasteiger partial charge in [0.15, 0.2) is 6.17 Å². The molecule has 0 nitrogen and oxygen atoms in total. The van der Waals surface area contributed by atoms with Crippen molar-refractivity contribution < 1.29 is 8.78 Å². The van der Waals surface area contributed by atoms with Crippen molar-refractivity contribution in [3.05, 3.63) is 11.9 Å². The zero-order valence-corrected chi connectivity index (χ0v) is 5.82. The SMILES string of the molecule is C/C=C(/F)C(F)CCC. The van der Waals surface area contributed by atoms with Crippen molar-refractivity contribution >= 4 is 0 Å². The van der Waals surface area contributed by atoms with E-state index >= 15 is 0 Å². The minimum absolute atomic E-state index is 0.288. The lowest BCUT2D eigenvalue weighted by atomic mass is 10.2. The Morgan fingerprint density at radius 1 is 1.67 bits per heavy atom. The maximum atomic E-state index is 12.4. The van der Waals surface area contributed by atoms with Crippen molar-refractivity contribution in [3.63, 3.8) is 0 Å². The van der Waals surface area contributed by atoms with Crippen LogP contribution in [0.1, 0.15) is 26.7 Å². The van der Waals surface area contributed by atoms with E-state index in [2.05, 4.69) is 0 Å². The smallest absolute Gasteiger partial charge is 0.151 e. The first-order valence-corrected chi connectivity index (χ1v) is 3.18.